The SMILES string of the molecule is C[C@@]1(Cc2ccc(Cl)c(F)c2)Cc2cc(CC(=O)N3CC(O)C3)ccc2O1. The maximum atomic E-state index is 13.7. The molecule has 1 amide bonds. The monoisotopic (exact) mass is 389 g/mol. The van der Waals surface area contributed by atoms with Gasteiger partial charge in [-0.3, -0.25) is 4.79 Å². The van der Waals surface area contributed by atoms with Crippen molar-refractivity contribution in [3.8, 4) is 5.75 Å². The zero-order valence-electron chi connectivity index (χ0n) is 15.0. The molecule has 2 aromatic carbocycles. The average molecular weight is 390 g/mol. The largest absolute Gasteiger partial charge is 0.487 e. The standard InChI is InChI=1S/C21H21ClFNO3/c1-21(9-14-2-4-17(22)18(23)7-14)10-15-6-13(3-5-19(15)27-21)8-20(26)24-11-16(25)12-24/h2-7,16,25H,8-12H2,1H3/t21-/m1/s1. The Morgan fingerprint density at radius 2 is 2.04 bits per heavy atom. The van der Waals surface area contributed by atoms with E-state index < -0.39 is 11.4 Å². The lowest BCUT2D eigenvalue weighted by Crippen LogP contribution is -2.53. The minimum Gasteiger partial charge on any atom is -0.487 e. The smallest absolute Gasteiger partial charge is 0.227 e. The molecule has 2 aliphatic rings. The number of hydrogen-bond donors (Lipinski definition) is 1. The Kier molecular flexibility index (Phi) is 4.60. The van der Waals surface area contributed by atoms with Crippen molar-refractivity contribution in [2.24, 2.45) is 0 Å². The predicted molar refractivity (Wildman–Crippen MR) is 101 cm³/mol. The van der Waals surface area contributed by atoms with Gasteiger partial charge in [0.25, 0.3) is 0 Å². The number of aliphatic hydroxyl groups is 1. The molecule has 0 bridgehead atoms. The molecule has 0 aliphatic carbocycles. The number of β-amino-alcohol motifs (C(OH)–C–C–N with tert-alkyl or cyclic N) is 1. The van der Waals surface area contributed by atoms with Gasteiger partial charge in [0.15, 0.2) is 0 Å². The second-order valence-corrected chi connectivity index (χ2v) is 8.13. The van der Waals surface area contributed by atoms with Crippen LogP contribution in [0.25, 0.3) is 0 Å². The van der Waals surface area contributed by atoms with Crippen molar-refractivity contribution in [3.63, 3.8) is 0 Å². The van der Waals surface area contributed by atoms with E-state index in [0.717, 1.165) is 22.4 Å². The van der Waals surface area contributed by atoms with Crippen molar-refractivity contribution in [1.82, 2.24) is 4.90 Å². The van der Waals surface area contributed by atoms with Crippen molar-refractivity contribution in [2.45, 2.75) is 37.9 Å². The highest BCUT2D eigenvalue weighted by Crippen LogP contribution is 2.38. The highest BCUT2D eigenvalue weighted by Gasteiger charge is 2.35. The van der Waals surface area contributed by atoms with Crippen LogP contribution in [-0.4, -0.2) is 40.7 Å². The molecule has 27 heavy (non-hydrogen) atoms. The Morgan fingerprint density at radius 1 is 1.30 bits per heavy atom. The highest BCUT2D eigenvalue weighted by molar-refractivity contribution is 6.30. The number of fused-ring (bicyclic) bond motifs is 1. The number of likely N-dealkylation sites (tertiary alicyclic amines) is 1. The molecule has 6 heteroatoms. The van der Waals surface area contributed by atoms with E-state index in [1.807, 2.05) is 31.2 Å². The third-order valence-electron chi connectivity index (χ3n) is 5.18. The summed E-state index contributed by atoms with van der Waals surface area (Å²) in [6, 6.07) is 10.6. The van der Waals surface area contributed by atoms with Gasteiger partial charge in [-0.1, -0.05) is 29.8 Å². The van der Waals surface area contributed by atoms with Crippen LogP contribution in [-0.2, 0) is 24.1 Å². The molecule has 0 spiro atoms. The van der Waals surface area contributed by atoms with E-state index in [0.29, 0.717) is 32.4 Å². The second kappa shape index (κ2) is 6.80. The Morgan fingerprint density at radius 3 is 2.74 bits per heavy atom. The van der Waals surface area contributed by atoms with Crippen LogP contribution in [0.1, 0.15) is 23.6 Å². The van der Waals surface area contributed by atoms with Crippen molar-refractivity contribution in [1.29, 1.82) is 0 Å². The lowest BCUT2D eigenvalue weighted by Gasteiger charge is -2.35. The van der Waals surface area contributed by atoms with Crippen LogP contribution in [0.15, 0.2) is 36.4 Å². The van der Waals surface area contributed by atoms with Crippen LogP contribution in [0, 0.1) is 5.82 Å². The molecule has 1 fully saturated rings. The molecule has 1 saturated heterocycles. The molecule has 0 unspecified atom stereocenters. The fraction of sp³-hybridized carbons (Fsp3) is 0.381. The van der Waals surface area contributed by atoms with E-state index in [2.05, 4.69) is 0 Å². The molecule has 4 nitrogen and oxygen atoms in total. The summed E-state index contributed by atoms with van der Waals surface area (Å²) in [5.74, 6) is 0.409. The highest BCUT2D eigenvalue weighted by atomic mass is 35.5. The Hall–Kier alpha value is -2.11. The number of nitrogens with zero attached hydrogens (tertiary/aromatic N) is 1. The molecular weight excluding hydrogens is 369 g/mol. The fourth-order valence-corrected chi connectivity index (χ4v) is 3.93. The van der Waals surface area contributed by atoms with E-state index >= 15 is 0 Å². The van der Waals surface area contributed by atoms with Crippen molar-refractivity contribution in [3.05, 3.63) is 63.9 Å². The minimum atomic E-state index is -0.465. The Labute approximate surface area is 162 Å². The molecule has 4 rings (SSSR count). The summed E-state index contributed by atoms with van der Waals surface area (Å²) in [6.45, 7) is 2.84. The van der Waals surface area contributed by atoms with E-state index in [-0.39, 0.29) is 17.0 Å². The number of halogens is 2. The topological polar surface area (TPSA) is 49.8 Å². The van der Waals surface area contributed by atoms with Crippen molar-refractivity contribution >= 4 is 17.5 Å². The number of benzene rings is 2. The number of aliphatic hydroxyl groups excluding tert-OH is 1. The molecule has 0 saturated carbocycles. The number of ether oxygens (including phenoxy) is 1. The van der Waals surface area contributed by atoms with Crippen LogP contribution in [0.3, 0.4) is 0 Å². The van der Waals surface area contributed by atoms with Gasteiger partial charge in [0.1, 0.15) is 17.2 Å². The summed E-state index contributed by atoms with van der Waals surface area (Å²) >= 11 is 5.76. The van der Waals surface area contributed by atoms with Crippen LogP contribution in [0.5, 0.6) is 5.75 Å². The predicted octanol–water partition coefficient (Wildman–Crippen LogP) is 3.16. The van der Waals surface area contributed by atoms with Gasteiger partial charge >= 0.3 is 0 Å². The molecule has 2 heterocycles. The number of carbonyl (C=O) groups is 1. The van der Waals surface area contributed by atoms with Gasteiger partial charge in [0.2, 0.25) is 5.91 Å². The van der Waals surface area contributed by atoms with Gasteiger partial charge in [-0.2, -0.15) is 0 Å². The fourth-order valence-electron chi connectivity index (χ4n) is 3.81. The van der Waals surface area contributed by atoms with Gasteiger partial charge < -0.3 is 14.7 Å². The normalized spacial score (nSPS) is 21.6. The first kappa shape index (κ1) is 18.3. The molecule has 2 aliphatic heterocycles. The molecule has 1 atom stereocenters. The van der Waals surface area contributed by atoms with Gasteiger partial charge in [-0.15, -0.1) is 0 Å². The first-order valence-corrected chi connectivity index (χ1v) is 9.40. The third kappa shape index (κ3) is 3.80. The molecule has 0 aromatic heterocycles. The molecule has 142 valence electrons. The first-order valence-electron chi connectivity index (χ1n) is 9.02. The lowest BCUT2D eigenvalue weighted by atomic mass is 9.91. The third-order valence-corrected chi connectivity index (χ3v) is 5.48. The quantitative estimate of drug-likeness (QED) is 0.873. The first-order chi connectivity index (χ1) is 12.8. The van der Waals surface area contributed by atoms with Crippen molar-refractivity contribution in [2.75, 3.05) is 13.1 Å². The van der Waals surface area contributed by atoms with Gasteiger partial charge in [0.05, 0.1) is 17.5 Å². The summed E-state index contributed by atoms with van der Waals surface area (Å²) in [4.78, 5) is 13.9. The Bertz CT molecular complexity index is 897. The van der Waals surface area contributed by atoms with Gasteiger partial charge in [-0.25, -0.2) is 4.39 Å². The Balaban J connectivity index is 1.44. The van der Waals surface area contributed by atoms with E-state index in [9.17, 15) is 14.3 Å². The van der Waals surface area contributed by atoms with Crippen LogP contribution in [0.4, 0.5) is 4.39 Å². The summed E-state index contributed by atoms with van der Waals surface area (Å²) in [5.41, 5.74) is 2.36. The van der Waals surface area contributed by atoms with Crippen LogP contribution < -0.4 is 4.74 Å². The molecule has 0 radical (unpaired) electrons. The maximum absolute atomic E-state index is 13.7. The zero-order valence-corrected chi connectivity index (χ0v) is 15.8. The van der Waals surface area contributed by atoms with E-state index in [1.54, 1.807) is 11.0 Å². The lowest BCUT2D eigenvalue weighted by molar-refractivity contribution is -0.140. The zero-order chi connectivity index (χ0) is 19.2. The molecule has 1 N–H and O–H groups in total. The number of amides is 1. The van der Waals surface area contributed by atoms with Gasteiger partial charge in [-0.05, 0) is 41.8 Å². The van der Waals surface area contributed by atoms with E-state index in [1.165, 1.54) is 6.07 Å². The summed E-state index contributed by atoms with van der Waals surface area (Å²) in [7, 11) is 0. The minimum absolute atomic E-state index is 0.0265. The average Bonchev–Trinajstić information content (AvgIpc) is 2.90. The summed E-state index contributed by atoms with van der Waals surface area (Å²) in [6.07, 6.45) is 1.19. The van der Waals surface area contributed by atoms with Crippen LogP contribution in [0.2, 0.25) is 5.02 Å². The molecule has 2 aromatic rings. The second-order valence-electron chi connectivity index (χ2n) is 7.73. The van der Waals surface area contributed by atoms with Crippen molar-refractivity contribution < 1.29 is 19.0 Å². The number of rotatable bonds is 4. The maximum Gasteiger partial charge on any atom is 0.227 e. The van der Waals surface area contributed by atoms with Crippen LogP contribution >= 0.6 is 11.6 Å². The summed E-state index contributed by atoms with van der Waals surface area (Å²) in [5, 5.41) is 9.44. The summed E-state index contributed by atoms with van der Waals surface area (Å²) < 4.78 is 19.9. The number of hydrogen-bond acceptors (Lipinski definition) is 3. The van der Waals surface area contributed by atoms with Gasteiger partial charge in [0, 0.05) is 25.9 Å². The van der Waals surface area contributed by atoms with E-state index in [4.69, 9.17) is 16.3 Å². The molecular formula is C21H21ClFNO3. The number of carbonyl (C=O) groups excluding carboxylic acids is 1.